The van der Waals surface area contributed by atoms with Crippen LogP contribution in [0.3, 0.4) is 0 Å². The lowest BCUT2D eigenvalue weighted by Crippen LogP contribution is -2.43. The molecule has 2 fully saturated rings. The maximum atomic E-state index is 14.6. The second-order valence-corrected chi connectivity index (χ2v) is 9.28. The van der Waals surface area contributed by atoms with Crippen molar-refractivity contribution < 1.29 is 38.8 Å². The number of phenols is 1. The number of piperazine rings is 1. The maximum absolute atomic E-state index is 14.6. The zero-order chi connectivity index (χ0) is 29.6. The molecule has 1 aliphatic heterocycles. The molecule has 2 aromatic heterocycles. The Morgan fingerprint density at radius 1 is 1.15 bits per heavy atom. The van der Waals surface area contributed by atoms with E-state index in [9.17, 15) is 49.6 Å². The first kappa shape index (κ1) is 27.2. The number of phenolic OH excluding ortho intramolecular Hbond substituents is 1. The molecule has 0 bridgehead atoms. The largest absolute Gasteiger partial charge is 0.499 e. The zero-order valence-electron chi connectivity index (χ0n) is 20.9. The summed E-state index contributed by atoms with van der Waals surface area (Å²) in [6.07, 6.45) is 3.29. The van der Waals surface area contributed by atoms with E-state index in [-0.39, 0.29) is 21.9 Å². The van der Waals surface area contributed by atoms with Gasteiger partial charge in [-0.3, -0.25) is 29.7 Å². The maximum Gasteiger partial charge on any atom is 0.341 e. The third-order valence-corrected chi connectivity index (χ3v) is 6.72. The van der Waals surface area contributed by atoms with Crippen molar-refractivity contribution in [2.45, 2.75) is 18.9 Å². The minimum atomic E-state index is -1.28. The SMILES string of the molecule is O=C(O)c1cn(C2CC2)c2cc(N3CCNCC3)c(F)cc2c1=O.O=[N+]([O-])c1cc([N+](=O)[O-])c2no[n+]([O-])c2c1O. The third kappa shape index (κ3) is 4.91. The van der Waals surface area contributed by atoms with Crippen LogP contribution in [0.4, 0.5) is 21.5 Å². The van der Waals surface area contributed by atoms with E-state index in [0.29, 0.717) is 30.4 Å². The van der Waals surface area contributed by atoms with Crippen LogP contribution < -0.4 is 20.5 Å². The summed E-state index contributed by atoms with van der Waals surface area (Å²) in [6, 6.07) is 3.58. The van der Waals surface area contributed by atoms with E-state index in [1.54, 1.807) is 6.07 Å². The molecule has 0 radical (unpaired) electrons. The monoisotopic (exact) mass is 573 g/mol. The van der Waals surface area contributed by atoms with Crippen molar-refractivity contribution in [3.05, 3.63) is 71.4 Å². The van der Waals surface area contributed by atoms with Gasteiger partial charge in [0.25, 0.3) is 11.3 Å². The normalized spacial score (nSPS) is 15.0. The lowest BCUT2D eigenvalue weighted by Gasteiger charge is -2.30. The van der Waals surface area contributed by atoms with Crippen LogP contribution in [0.25, 0.3) is 21.9 Å². The van der Waals surface area contributed by atoms with Crippen molar-refractivity contribution in [1.29, 1.82) is 0 Å². The minimum absolute atomic E-state index is 0.137. The number of aromatic carboxylic acids is 1. The molecule has 2 aromatic carbocycles. The number of pyridine rings is 1. The molecular weight excluding hydrogens is 553 g/mol. The Kier molecular flexibility index (Phi) is 6.83. The second-order valence-electron chi connectivity index (χ2n) is 9.28. The van der Waals surface area contributed by atoms with Crippen LogP contribution in [-0.2, 0) is 0 Å². The highest BCUT2D eigenvalue weighted by molar-refractivity contribution is 5.94. The molecule has 17 nitrogen and oxygen atoms in total. The number of fused-ring (bicyclic) bond motifs is 2. The van der Waals surface area contributed by atoms with E-state index >= 15 is 0 Å². The Balaban J connectivity index is 0.000000175. The number of anilines is 1. The quantitative estimate of drug-likeness (QED) is 0.175. The number of nitrogens with zero attached hydrogens (tertiary/aromatic N) is 6. The summed E-state index contributed by atoms with van der Waals surface area (Å²) in [5, 5.41) is 57.3. The molecule has 0 atom stereocenters. The number of carboxylic acid groups (broad SMARTS) is 1. The molecule has 1 saturated carbocycles. The summed E-state index contributed by atoms with van der Waals surface area (Å²) in [5.74, 6) is -2.79. The van der Waals surface area contributed by atoms with Gasteiger partial charge in [0.1, 0.15) is 17.4 Å². The number of hydrogen-bond acceptors (Lipinski definition) is 12. The molecule has 0 spiro atoms. The van der Waals surface area contributed by atoms with Crippen LogP contribution in [0, 0.1) is 31.3 Å². The molecule has 2 aliphatic rings. The second kappa shape index (κ2) is 10.3. The van der Waals surface area contributed by atoms with E-state index in [4.69, 9.17) is 0 Å². The smallest absolute Gasteiger partial charge is 0.341 e. The van der Waals surface area contributed by atoms with Crippen LogP contribution in [-0.4, -0.2) is 61.9 Å². The van der Waals surface area contributed by atoms with Crippen molar-refractivity contribution >= 4 is 45.0 Å². The summed E-state index contributed by atoms with van der Waals surface area (Å²) in [6.45, 7) is 2.96. The number of halogens is 1. The molecular formula is C23H20FN7O10. The first-order chi connectivity index (χ1) is 19.5. The molecule has 1 aliphatic carbocycles. The first-order valence-corrected chi connectivity index (χ1v) is 12.1. The topological polar surface area (TPSA) is 234 Å². The number of carboxylic acids is 1. The van der Waals surface area contributed by atoms with Crippen molar-refractivity contribution in [3.63, 3.8) is 0 Å². The number of nitrogens with one attached hydrogen (secondary N) is 1. The molecule has 1 saturated heterocycles. The number of nitro groups is 2. The third-order valence-electron chi connectivity index (χ3n) is 6.72. The number of benzene rings is 2. The molecule has 18 heteroatoms. The minimum Gasteiger partial charge on any atom is -0.499 e. The van der Waals surface area contributed by atoms with Crippen LogP contribution in [0.5, 0.6) is 5.75 Å². The van der Waals surface area contributed by atoms with Gasteiger partial charge < -0.3 is 30.2 Å². The highest BCUT2D eigenvalue weighted by atomic mass is 19.1. The molecule has 3 N–H and O–H groups in total. The molecule has 4 aromatic rings. The standard InChI is InChI=1S/C17H18FN3O3.C6H2N4O7/c18-13-7-11-14(8-15(13)20-5-3-19-4-6-20)21(10-1-2-10)9-12(16(11)22)17(23)24;11-6-3(9(14)15)1-2(8(12)13)4-5(6)10(16)17-7-4/h7-10,19H,1-6H2,(H,23,24);1,11H. The van der Waals surface area contributed by atoms with Gasteiger partial charge in [0, 0.05) is 43.8 Å². The van der Waals surface area contributed by atoms with Gasteiger partial charge in [0.15, 0.2) is 0 Å². The Hall–Kier alpha value is -5.39. The Bertz CT molecular complexity index is 1790. The summed E-state index contributed by atoms with van der Waals surface area (Å²) in [7, 11) is 0. The van der Waals surface area contributed by atoms with Crippen LogP contribution in [0.1, 0.15) is 29.2 Å². The van der Waals surface area contributed by atoms with Crippen molar-refractivity contribution in [3.8, 4) is 5.75 Å². The molecule has 214 valence electrons. The number of hydrogen-bond donors (Lipinski definition) is 3. The number of carbonyl (C=O) groups is 1. The van der Waals surface area contributed by atoms with Gasteiger partial charge in [-0.05, 0) is 29.9 Å². The lowest BCUT2D eigenvalue weighted by molar-refractivity contribution is -0.782. The molecule has 6 rings (SSSR count). The molecule has 3 heterocycles. The zero-order valence-corrected chi connectivity index (χ0v) is 20.9. The number of aromatic nitrogens is 3. The Morgan fingerprint density at radius 2 is 1.80 bits per heavy atom. The Morgan fingerprint density at radius 3 is 2.39 bits per heavy atom. The van der Waals surface area contributed by atoms with Crippen molar-refractivity contribution in [1.82, 2.24) is 15.0 Å². The van der Waals surface area contributed by atoms with Gasteiger partial charge in [0.2, 0.25) is 5.43 Å². The van der Waals surface area contributed by atoms with Gasteiger partial charge in [-0.25, -0.2) is 9.18 Å². The fourth-order valence-corrected chi connectivity index (χ4v) is 4.59. The fraction of sp³-hybridized carbons (Fsp3) is 0.304. The van der Waals surface area contributed by atoms with Gasteiger partial charge in [-0.15, -0.1) is 0 Å². The van der Waals surface area contributed by atoms with E-state index in [0.717, 1.165) is 25.9 Å². The number of rotatable bonds is 5. The molecule has 0 amide bonds. The molecule has 41 heavy (non-hydrogen) atoms. The highest BCUT2D eigenvalue weighted by Gasteiger charge is 2.34. The summed E-state index contributed by atoms with van der Waals surface area (Å²) < 4.78 is 20.5. The number of nitro benzene ring substituents is 2. The number of non-ortho nitro benzene ring substituents is 1. The summed E-state index contributed by atoms with van der Waals surface area (Å²) in [5.41, 5.74) is -2.94. The van der Waals surface area contributed by atoms with Crippen molar-refractivity contribution in [2.75, 3.05) is 31.1 Å². The molecule has 0 unspecified atom stereocenters. The van der Waals surface area contributed by atoms with Crippen LogP contribution in [0.15, 0.2) is 33.8 Å². The van der Waals surface area contributed by atoms with Gasteiger partial charge >= 0.3 is 22.9 Å². The first-order valence-electron chi connectivity index (χ1n) is 12.1. The lowest BCUT2D eigenvalue weighted by atomic mass is 10.1. The van der Waals surface area contributed by atoms with Gasteiger partial charge in [-0.1, -0.05) is 0 Å². The Labute approximate surface area is 226 Å². The predicted octanol–water partition coefficient (Wildman–Crippen LogP) is 1.57. The predicted molar refractivity (Wildman–Crippen MR) is 136 cm³/mol. The summed E-state index contributed by atoms with van der Waals surface area (Å²) in [4.78, 5) is 44.5. The van der Waals surface area contributed by atoms with Crippen LogP contribution >= 0.6 is 0 Å². The van der Waals surface area contributed by atoms with Crippen molar-refractivity contribution in [2.24, 2.45) is 0 Å². The average Bonchev–Trinajstić information content (AvgIpc) is 3.70. The van der Waals surface area contributed by atoms with E-state index in [1.165, 1.54) is 12.3 Å². The van der Waals surface area contributed by atoms with E-state index in [2.05, 4.69) is 15.1 Å². The van der Waals surface area contributed by atoms with Gasteiger partial charge in [0.05, 0.1) is 26.2 Å². The van der Waals surface area contributed by atoms with Crippen LogP contribution in [0.2, 0.25) is 0 Å². The highest BCUT2D eigenvalue weighted by Crippen LogP contribution is 2.39. The van der Waals surface area contributed by atoms with Gasteiger partial charge in [-0.2, -0.15) is 0 Å². The fourth-order valence-electron chi connectivity index (χ4n) is 4.59. The van der Waals surface area contributed by atoms with E-state index < -0.39 is 55.2 Å². The van der Waals surface area contributed by atoms with E-state index in [1.807, 2.05) is 9.47 Å². The number of aromatic hydroxyl groups is 1. The average molecular weight is 573 g/mol. The summed E-state index contributed by atoms with van der Waals surface area (Å²) >= 11 is 0.